The van der Waals surface area contributed by atoms with Crippen molar-refractivity contribution in [3.8, 4) is 0 Å². The van der Waals surface area contributed by atoms with Gasteiger partial charge in [-0.1, -0.05) is 31.3 Å². The van der Waals surface area contributed by atoms with Gasteiger partial charge in [0.25, 0.3) is 0 Å². The van der Waals surface area contributed by atoms with E-state index >= 15 is 0 Å². The zero-order valence-electron chi connectivity index (χ0n) is 10.8. The SMILES string of the molecule is NC1(CC(=O)C=C2CCCCC2)CCCCC1. The lowest BCUT2D eigenvalue weighted by Gasteiger charge is -2.32. The molecule has 0 aromatic heterocycles. The van der Waals surface area contributed by atoms with E-state index in [1.165, 1.54) is 44.1 Å². The average Bonchev–Trinajstić information content (AvgIpc) is 2.30. The van der Waals surface area contributed by atoms with Crippen molar-refractivity contribution in [1.29, 1.82) is 0 Å². The fourth-order valence-corrected chi connectivity index (χ4v) is 3.21. The van der Waals surface area contributed by atoms with Crippen molar-refractivity contribution in [1.82, 2.24) is 0 Å². The smallest absolute Gasteiger partial charge is 0.157 e. The van der Waals surface area contributed by atoms with Crippen LogP contribution in [0.5, 0.6) is 0 Å². The lowest BCUT2D eigenvalue weighted by atomic mass is 9.79. The molecule has 17 heavy (non-hydrogen) atoms. The molecule has 2 rings (SSSR count). The van der Waals surface area contributed by atoms with Crippen LogP contribution >= 0.6 is 0 Å². The molecule has 0 saturated heterocycles. The van der Waals surface area contributed by atoms with Gasteiger partial charge in [0, 0.05) is 12.0 Å². The number of nitrogens with two attached hydrogens (primary N) is 1. The third-order valence-electron chi connectivity index (χ3n) is 4.24. The first-order valence-corrected chi connectivity index (χ1v) is 7.19. The monoisotopic (exact) mass is 235 g/mol. The third-order valence-corrected chi connectivity index (χ3v) is 4.24. The van der Waals surface area contributed by atoms with E-state index in [4.69, 9.17) is 5.73 Å². The summed E-state index contributed by atoms with van der Waals surface area (Å²) < 4.78 is 0. The molecule has 2 fully saturated rings. The average molecular weight is 235 g/mol. The van der Waals surface area contributed by atoms with E-state index in [-0.39, 0.29) is 11.3 Å². The van der Waals surface area contributed by atoms with Crippen LogP contribution in [0.4, 0.5) is 0 Å². The summed E-state index contributed by atoms with van der Waals surface area (Å²) in [6.45, 7) is 0. The van der Waals surface area contributed by atoms with Crippen LogP contribution < -0.4 is 5.73 Å². The highest BCUT2D eigenvalue weighted by molar-refractivity contribution is 5.91. The van der Waals surface area contributed by atoms with Gasteiger partial charge in [-0.25, -0.2) is 0 Å². The first-order valence-electron chi connectivity index (χ1n) is 7.19. The Kier molecular flexibility index (Phi) is 4.38. The zero-order chi connectivity index (χ0) is 12.1. The Balaban J connectivity index is 1.87. The quantitative estimate of drug-likeness (QED) is 0.761. The van der Waals surface area contributed by atoms with Gasteiger partial charge >= 0.3 is 0 Å². The first-order chi connectivity index (χ1) is 8.18. The summed E-state index contributed by atoms with van der Waals surface area (Å²) in [5.41, 5.74) is 7.48. The van der Waals surface area contributed by atoms with E-state index in [2.05, 4.69) is 0 Å². The molecule has 96 valence electrons. The molecule has 0 unspecified atom stereocenters. The van der Waals surface area contributed by atoms with Gasteiger partial charge < -0.3 is 5.73 Å². The molecule has 2 saturated carbocycles. The largest absolute Gasteiger partial charge is 0.325 e. The number of carbonyl (C=O) groups is 1. The van der Waals surface area contributed by atoms with E-state index in [0.717, 1.165) is 25.7 Å². The van der Waals surface area contributed by atoms with Crippen molar-refractivity contribution in [3.05, 3.63) is 11.6 Å². The normalized spacial score (nSPS) is 24.4. The highest BCUT2D eigenvalue weighted by atomic mass is 16.1. The number of hydrogen-bond acceptors (Lipinski definition) is 2. The van der Waals surface area contributed by atoms with Crippen molar-refractivity contribution in [2.24, 2.45) is 5.73 Å². The van der Waals surface area contributed by atoms with Gasteiger partial charge in [-0.05, 0) is 44.6 Å². The fraction of sp³-hybridized carbons (Fsp3) is 0.800. The van der Waals surface area contributed by atoms with E-state index in [1.807, 2.05) is 6.08 Å². The summed E-state index contributed by atoms with van der Waals surface area (Å²) in [5.74, 6) is 0.270. The summed E-state index contributed by atoms with van der Waals surface area (Å²) in [5, 5.41) is 0. The molecule has 0 aromatic carbocycles. The molecule has 2 nitrogen and oxygen atoms in total. The minimum atomic E-state index is -0.193. The molecule has 0 amide bonds. The van der Waals surface area contributed by atoms with Crippen LogP contribution in [0, 0.1) is 0 Å². The maximum atomic E-state index is 12.0. The maximum absolute atomic E-state index is 12.0. The van der Waals surface area contributed by atoms with E-state index < -0.39 is 0 Å². The molecule has 0 aliphatic heterocycles. The molecule has 0 radical (unpaired) electrons. The van der Waals surface area contributed by atoms with Gasteiger partial charge in [0.2, 0.25) is 0 Å². The molecule has 2 aliphatic carbocycles. The van der Waals surface area contributed by atoms with Gasteiger partial charge in [0.15, 0.2) is 5.78 Å². The topological polar surface area (TPSA) is 43.1 Å². The number of ketones is 1. The van der Waals surface area contributed by atoms with Gasteiger partial charge in [0.05, 0.1) is 0 Å². The summed E-state index contributed by atoms with van der Waals surface area (Å²) in [7, 11) is 0. The van der Waals surface area contributed by atoms with Crippen LogP contribution in [0.3, 0.4) is 0 Å². The number of hydrogen-bond donors (Lipinski definition) is 1. The van der Waals surface area contributed by atoms with Gasteiger partial charge in [-0.2, -0.15) is 0 Å². The summed E-state index contributed by atoms with van der Waals surface area (Å²) in [4.78, 5) is 12.0. The second-order valence-electron chi connectivity index (χ2n) is 5.93. The lowest BCUT2D eigenvalue weighted by molar-refractivity contribution is -0.116. The Hall–Kier alpha value is -0.630. The molecule has 0 aromatic rings. The van der Waals surface area contributed by atoms with Crippen molar-refractivity contribution >= 4 is 5.78 Å². The minimum absolute atomic E-state index is 0.193. The van der Waals surface area contributed by atoms with Crippen LogP contribution in [0.1, 0.15) is 70.6 Å². The van der Waals surface area contributed by atoms with Crippen molar-refractivity contribution in [2.75, 3.05) is 0 Å². The molecule has 0 spiro atoms. The van der Waals surface area contributed by atoms with Gasteiger partial charge in [-0.15, -0.1) is 0 Å². The number of carbonyl (C=O) groups excluding carboxylic acids is 1. The maximum Gasteiger partial charge on any atom is 0.157 e. The van der Waals surface area contributed by atoms with E-state index in [1.54, 1.807) is 0 Å². The summed E-state index contributed by atoms with van der Waals surface area (Å²) >= 11 is 0. The molecule has 2 N–H and O–H groups in total. The van der Waals surface area contributed by atoms with E-state index in [0.29, 0.717) is 6.42 Å². The van der Waals surface area contributed by atoms with Crippen molar-refractivity contribution < 1.29 is 4.79 Å². The van der Waals surface area contributed by atoms with Gasteiger partial charge in [-0.3, -0.25) is 4.79 Å². The molecular formula is C15H25NO. The molecule has 0 bridgehead atoms. The fourth-order valence-electron chi connectivity index (χ4n) is 3.21. The van der Waals surface area contributed by atoms with Crippen molar-refractivity contribution in [2.45, 2.75) is 76.2 Å². The molecule has 2 aliphatic rings. The van der Waals surface area contributed by atoms with Crippen LogP contribution in [0.15, 0.2) is 11.6 Å². The van der Waals surface area contributed by atoms with Crippen LogP contribution in [0.25, 0.3) is 0 Å². The molecular weight excluding hydrogens is 210 g/mol. The third kappa shape index (κ3) is 3.95. The van der Waals surface area contributed by atoms with Gasteiger partial charge in [0.1, 0.15) is 0 Å². The Morgan fingerprint density at radius 2 is 1.65 bits per heavy atom. The van der Waals surface area contributed by atoms with Crippen LogP contribution in [-0.4, -0.2) is 11.3 Å². The Labute approximate surface area is 105 Å². The van der Waals surface area contributed by atoms with Crippen molar-refractivity contribution in [3.63, 3.8) is 0 Å². The Morgan fingerprint density at radius 1 is 1.06 bits per heavy atom. The molecule has 0 atom stereocenters. The standard InChI is InChI=1S/C15H25NO/c16-15(9-5-2-6-10-15)12-14(17)11-13-7-3-1-4-8-13/h11H,1-10,12,16H2. The van der Waals surface area contributed by atoms with E-state index in [9.17, 15) is 4.79 Å². The number of allylic oxidation sites excluding steroid dienone is 2. The predicted molar refractivity (Wildman–Crippen MR) is 70.8 cm³/mol. The molecule has 2 heteroatoms. The predicted octanol–water partition coefficient (Wildman–Crippen LogP) is 3.50. The molecule has 0 heterocycles. The Morgan fingerprint density at radius 3 is 2.29 bits per heavy atom. The minimum Gasteiger partial charge on any atom is -0.325 e. The summed E-state index contributed by atoms with van der Waals surface area (Å²) in [6, 6.07) is 0. The van der Waals surface area contributed by atoms with Crippen LogP contribution in [-0.2, 0) is 4.79 Å². The first kappa shape index (κ1) is 12.8. The second-order valence-corrected chi connectivity index (χ2v) is 5.93. The Bertz CT molecular complexity index is 292. The zero-order valence-corrected chi connectivity index (χ0v) is 10.8. The highest BCUT2D eigenvalue weighted by Crippen LogP contribution is 2.29. The summed E-state index contributed by atoms with van der Waals surface area (Å²) in [6.07, 6.45) is 14.3. The highest BCUT2D eigenvalue weighted by Gasteiger charge is 2.29. The lowest BCUT2D eigenvalue weighted by Crippen LogP contribution is -2.43. The van der Waals surface area contributed by atoms with Crippen LogP contribution in [0.2, 0.25) is 0 Å². The second kappa shape index (κ2) is 5.81. The number of rotatable bonds is 3.